The van der Waals surface area contributed by atoms with E-state index in [0.29, 0.717) is 27.4 Å². The number of aromatic nitrogens is 2. The van der Waals surface area contributed by atoms with Gasteiger partial charge in [0.2, 0.25) is 0 Å². The van der Waals surface area contributed by atoms with Crippen LogP contribution in [0.15, 0.2) is 76.4 Å². The number of aromatic amines is 2. The maximum Gasteiger partial charge on any atom is 0.323 e. The van der Waals surface area contributed by atoms with Gasteiger partial charge in [0.05, 0.1) is 21.6 Å². The number of carbonyl (C=O) groups is 1. The molecule has 1 heterocycles. The summed E-state index contributed by atoms with van der Waals surface area (Å²) in [6.07, 6.45) is 0. The summed E-state index contributed by atoms with van der Waals surface area (Å²) in [5.74, 6) is -0.493. The number of halogens is 1. The Labute approximate surface area is 176 Å². The highest BCUT2D eigenvalue weighted by molar-refractivity contribution is 7.92. The van der Waals surface area contributed by atoms with E-state index in [9.17, 15) is 18.0 Å². The van der Waals surface area contributed by atoms with Gasteiger partial charge in [-0.25, -0.2) is 13.2 Å². The maximum absolute atomic E-state index is 12.7. The number of carbonyl (C=O) groups excluding carboxylic acids is 1. The monoisotopic (exact) mass is 442 g/mol. The highest BCUT2D eigenvalue weighted by Gasteiger charge is 2.17. The van der Waals surface area contributed by atoms with E-state index >= 15 is 0 Å². The number of rotatable bonds is 5. The van der Waals surface area contributed by atoms with E-state index in [4.69, 9.17) is 11.6 Å². The Hall–Kier alpha value is -3.56. The van der Waals surface area contributed by atoms with E-state index < -0.39 is 15.9 Å². The van der Waals surface area contributed by atoms with Crippen molar-refractivity contribution in [3.8, 4) is 0 Å². The molecule has 1 amide bonds. The summed E-state index contributed by atoms with van der Waals surface area (Å²) >= 11 is 5.89. The molecule has 30 heavy (non-hydrogen) atoms. The van der Waals surface area contributed by atoms with E-state index in [1.54, 1.807) is 36.4 Å². The first-order valence-corrected chi connectivity index (χ1v) is 10.6. The van der Waals surface area contributed by atoms with Gasteiger partial charge < -0.3 is 15.3 Å². The Balaban J connectivity index is 1.56. The summed E-state index contributed by atoms with van der Waals surface area (Å²) in [6, 6.07) is 16.8. The number of hydrogen-bond donors (Lipinski definition) is 4. The average molecular weight is 443 g/mol. The molecule has 4 rings (SSSR count). The van der Waals surface area contributed by atoms with Gasteiger partial charge in [0.25, 0.3) is 15.9 Å². The minimum atomic E-state index is -3.92. The van der Waals surface area contributed by atoms with Crippen LogP contribution in [-0.2, 0) is 10.0 Å². The number of hydrogen-bond acceptors (Lipinski definition) is 4. The van der Waals surface area contributed by atoms with E-state index in [-0.39, 0.29) is 16.1 Å². The number of H-pyrrole nitrogens is 2. The number of sulfonamides is 1. The molecule has 8 nitrogen and oxygen atoms in total. The summed E-state index contributed by atoms with van der Waals surface area (Å²) in [5, 5.41) is 3.08. The van der Waals surface area contributed by atoms with Crippen molar-refractivity contribution in [1.29, 1.82) is 0 Å². The molecular formula is C20H15ClN4O4S. The number of imidazole rings is 1. The third-order valence-corrected chi connectivity index (χ3v) is 5.87. The van der Waals surface area contributed by atoms with E-state index in [0.717, 1.165) is 0 Å². The highest BCUT2D eigenvalue weighted by Crippen LogP contribution is 2.21. The molecule has 0 unspecified atom stereocenters. The van der Waals surface area contributed by atoms with Crippen LogP contribution in [-0.4, -0.2) is 24.3 Å². The number of benzene rings is 3. The predicted molar refractivity (Wildman–Crippen MR) is 116 cm³/mol. The highest BCUT2D eigenvalue weighted by atomic mass is 35.5. The Morgan fingerprint density at radius 2 is 1.63 bits per heavy atom. The molecule has 0 aliphatic carbocycles. The molecule has 0 saturated heterocycles. The molecule has 0 atom stereocenters. The van der Waals surface area contributed by atoms with E-state index in [1.165, 1.54) is 30.3 Å². The minimum absolute atomic E-state index is 0.0689. The first kappa shape index (κ1) is 19.7. The van der Waals surface area contributed by atoms with Crippen molar-refractivity contribution in [3.05, 3.63) is 87.8 Å². The fraction of sp³-hybridized carbons (Fsp3) is 0. The summed E-state index contributed by atoms with van der Waals surface area (Å²) in [4.78, 5) is 29.1. The van der Waals surface area contributed by atoms with E-state index in [2.05, 4.69) is 20.0 Å². The smallest absolute Gasteiger partial charge is 0.322 e. The third-order valence-electron chi connectivity index (χ3n) is 4.26. The number of fused-ring (bicyclic) bond motifs is 1. The molecule has 0 radical (unpaired) electrons. The fourth-order valence-corrected chi connectivity index (χ4v) is 4.17. The van der Waals surface area contributed by atoms with Crippen LogP contribution in [0.3, 0.4) is 0 Å². The van der Waals surface area contributed by atoms with Gasteiger partial charge in [-0.05, 0) is 54.6 Å². The van der Waals surface area contributed by atoms with Crippen molar-refractivity contribution in [1.82, 2.24) is 9.97 Å². The normalized spacial score (nSPS) is 11.4. The van der Waals surface area contributed by atoms with Crippen LogP contribution < -0.4 is 15.7 Å². The van der Waals surface area contributed by atoms with Crippen LogP contribution in [0.4, 0.5) is 11.4 Å². The second-order valence-corrected chi connectivity index (χ2v) is 8.56. The van der Waals surface area contributed by atoms with Gasteiger partial charge in [0.1, 0.15) is 0 Å². The van der Waals surface area contributed by atoms with Crippen LogP contribution in [0.1, 0.15) is 10.4 Å². The molecular weight excluding hydrogens is 428 g/mol. The summed E-state index contributed by atoms with van der Waals surface area (Å²) in [7, 11) is -3.92. The Morgan fingerprint density at radius 3 is 2.43 bits per heavy atom. The Bertz CT molecular complexity index is 1430. The summed E-state index contributed by atoms with van der Waals surface area (Å²) in [6.45, 7) is 0. The van der Waals surface area contributed by atoms with Crippen LogP contribution in [0.2, 0.25) is 5.02 Å². The molecule has 3 aromatic carbocycles. The zero-order valence-electron chi connectivity index (χ0n) is 15.3. The van der Waals surface area contributed by atoms with Gasteiger partial charge in [0.15, 0.2) is 0 Å². The van der Waals surface area contributed by atoms with Crippen molar-refractivity contribution >= 4 is 49.9 Å². The molecule has 4 aromatic rings. The Kier molecular flexibility index (Phi) is 5.06. The Morgan fingerprint density at radius 1 is 0.867 bits per heavy atom. The van der Waals surface area contributed by atoms with Crippen LogP contribution >= 0.6 is 11.6 Å². The van der Waals surface area contributed by atoms with Gasteiger partial charge >= 0.3 is 5.69 Å². The first-order valence-electron chi connectivity index (χ1n) is 8.72. The van der Waals surface area contributed by atoms with Gasteiger partial charge in [0, 0.05) is 16.3 Å². The quantitative estimate of drug-likeness (QED) is 0.377. The zero-order chi connectivity index (χ0) is 21.3. The molecule has 4 N–H and O–H groups in total. The molecule has 152 valence electrons. The molecule has 0 bridgehead atoms. The standard InChI is InChI=1S/C20H15ClN4O4S/c21-13-4-2-5-15(10-13)25-30(28,29)16-6-1-3-12(9-16)19(26)22-14-7-8-17-18(11-14)24-20(27)23-17/h1-11,25H,(H,22,26)(H2,23,24,27). The van der Waals surface area contributed by atoms with Crippen molar-refractivity contribution in [2.24, 2.45) is 0 Å². The molecule has 0 fully saturated rings. The van der Waals surface area contributed by atoms with Crippen molar-refractivity contribution in [2.45, 2.75) is 4.90 Å². The van der Waals surface area contributed by atoms with Crippen LogP contribution in [0.5, 0.6) is 0 Å². The average Bonchev–Trinajstić information content (AvgIpc) is 3.07. The number of anilines is 2. The number of amides is 1. The molecule has 0 saturated carbocycles. The summed E-state index contributed by atoms with van der Waals surface area (Å²) in [5.41, 5.74) is 1.72. The second-order valence-electron chi connectivity index (χ2n) is 6.44. The second kappa shape index (κ2) is 7.69. The van der Waals surface area contributed by atoms with Crippen LogP contribution in [0, 0.1) is 0 Å². The molecule has 0 aliphatic heterocycles. The van der Waals surface area contributed by atoms with Crippen molar-refractivity contribution in [2.75, 3.05) is 10.0 Å². The fourth-order valence-electron chi connectivity index (χ4n) is 2.88. The third kappa shape index (κ3) is 4.22. The molecule has 0 aliphatic rings. The molecule has 0 spiro atoms. The van der Waals surface area contributed by atoms with Crippen LogP contribution in [0.25, 0.3) is 11.0 Å². The van der Waals surface area contributed by atoms with Gasteiger partial charge in [-0.15, -0.1) is 0 Å². The largest absolute Gasteiger partial charge is 0.323 e. The predicted octanol–water partition coefficient (Wildman–Crippen LogP) is 3.56. The lowest BCUT2D eigenvalue weighted by molar-refractivity contribution is 0.102. The first-order chi connectivity index (χ1) is 14.3. The van der Waals surface area contributed by atoms with Gasteiger partial charge in [-0.1, -0.05) is 23.7 Å². The van der Waals surface area contributed by atoms with Gasteiger partial charge in [-0.2, -0.15) is 0 Å². The summed E-state index contributed by atoms with van der Waals surface area (Å²) < 4.78 is 27.8. The molecule has 1 aromatic heterocycles. The minimum Gasteiger partial charge on any atom is -0.322 e. The van der Waals surface area contributed by atoms with Crippen molar-refractivity contribution in [3.63, 3.8) is 0 Å². The van der Waals surface area contributed by atoms with E-state index in [1.807, 2.05) is 0 Å². The van der Waals surface area contributed by atoms with Crippen molar-refractivity contribution < 1.29 is 13.2 Å². The lowest BCUT2D eigenvalue weighted by Gasteiger charge is -2.10. The van der Waals surface area contributed by atoms with Gasteiger partial charge in [-0.3, -0.25) is 9.52 Å². The lowest BCUT2D eigenvalue weighted by Crippen LogP contribution is -2.16. The lowest BCUT2D eigenvalue weighted by atomic mass is 10.2. The maximum atomic E-state index is 12.7. The SMILES string of the molecule is O=C(Nc1ccc2[nH]c(=O)[nH]c2c1)c1cccc(S(=O)(=O)Nc2cccc(Cl)c2)c1. The zero-order valence-corrected chi connectivity index (χ0v) is 16.8. The topological polar surface area (TPSA) is 124 Å². The number of nitrogens with one attached hydrogen (secondary N) is 4. The molecule has 10 heteroatoms.